The molecular formula is C10H9F3O2. The van der Waals surface area contributed by atoms with Gasteiger partial charge >= 0.3 is 6.36 Å². The number of aldehydes is 1. The zero-order valence-electron chi connectivity index (χ0n) is 7.91. The number of para-hydroxylation sites is 1. The highest BCUT2D eigenvalue weighted by Gasteiger charge is 2.32. The van der Waals surface area contributed by atoms with E-state index in [2.05, 4.69) is 4.74 Å². The molecule has 0 saturated carbocycles. The first-order valence-electron chi connectivity index (χ1n) is 4.24. The van der Waals surface area contributed by atoms with Crippen LogP contribution < -0.4 is 4.74 Å². The van der Waals surface area contributed by atoms with Crippen molar-refractivity contribution >= 4 is 6.29 Å². The van der Waals surface area contributed by atoms with Crippen molar-refractivity contribution in [1.29, 1.82) is 0 Å². The molecule has 2 nitrogen and oxygen atoms in total. The first-order valence-corrected chi connectivity index (χ1v) is 4.24. The summed E-state index contributed by atoms with van der Waals surface area (Å²) in [7, 11) is 0. The maximum Gasteiger partial charge on any atom is 0.573 e. The van der Waals surface area contributed by atoms with Crippen molar-refractivity contribution in [3.05, 3.63) is 29.8 Å². The van der Waals surface area contributed by atoms with Crippen molar-refractivity contribution in [3.63, 3.8) is 0 Å². The average Bonchev–Trinajstić information content (AvgIpc) is 2.15. The SMILES string of the molecule is CC(C=O)c1ccccc1OC(F)(F)F. The molecule has 0 aliphatic rings. The van der Waals surface area contributed by atoms with E-state index < -0.39 is 12.3 Å². The van der Waals surface area contributed by atoms with Crippen LogP contribution in [-0.2, 0) is 4.79 Å². The first kappa shape index (κ1) is 11.6. The number of hydrogen-bond donors (Lipinski definition) is 0. The fraction of sp³-hybridized carbons (Fsp3) is 0.300. The molecule has 0 aliphatic heterocycles. The lowest BCUT2D eigenvalue weighted by molar-refractivity contribution is -0.274. The molecule has 5 heteroatoms. The summed E-state index contributed by atoms with van der Waals surface area (Å²) in [5.74, 6) is -0.951. The topological polar surface area (TPSA) is 26.3 Å². The molecule has 1 atom stereocenters. The van der Waals surface area contributed by atoms with Gasteiger partial charge in [0.25, 0.3) is 0 Å². The third-order valence-electron chi connectivity index (χ3n) is 1.84. The van der Waals surface area contributed by atoms with Crippen molar-refractivity contribution in [1.82, 2.24) is 0 Å². The zero-order chi connectivity index (χ0) is 11.5. The van der Waals surface area contributed by atoms with Gasteiger partial charge in [0.1, 0.15) is 12.0 Å². The maximum absolute atomic E-state index is 12.0. The number of hydrogen-bond acceptors (Lipinski definition) is 2. The molecule has 0 heterocycles. The van der Waals surface area contributed by atoms with Gasteiger partial charge in [0.15, 0.2) is 0 Å². The smallest absolute Gasteiger partial charge is 0.405 e. The minimum atomic E-state index is -4.74. The molecule has 0 bridgehead atoms. The normalized spacial score (nSPS) is 13.3. The van der Waals surface area contributed by atoms with Crippen LogP contribution in [0.3, 0.4) is 0 Å². The summed E-state index contributed by atoms with van der Waals surface area (Å²) < 4.78 is 39.7. The van der Waals surface area contributed by atoms with E-state index in [1.165, 1.54) is 25.1 Å². The molecule has 15 heavy (non-hydrogen) atoms. The standard InChI is InChI=1S/C10H9F3O2/c1-7(6-14)8-4-2-3-5-9(8)15-10(11,12)13/h2-7H,1H3. The second-order valence-corrected chi connectivity index (χ2v) is 3.01. The van der Waals surface area contributed by atoms with Crippen molar-refractivity contribution in [2.75, 3.05) is 0 Å². The van der Waals surface area contributed by atoms with Crippen LogP contribution in [0.15, 0.2) is 24.3 Å². The highest BCUT2D eigenvalue weighted by molar-refractivity contribution is 5.63. The average molecular weight is 218 g/mol. The molecule has 0 radical (unpaired) electrons. The monoisotopic (exact) mass is 218 g/mol. The first-order chi connectivity index (χ1) is 6.94. The van der Waals surface area contributed by atoms with Crippen LogP contribution in [0.4, 0.5) is 13.2 Å². The van der Waals surface area contributed by atoms with Crippen molar-refractivity contribution in [3.8, 4) is 5.75 Å². The Labute approximate surface area is 84.7 Å². The molecule has 1 rings (SSSR count). The molecule has 0 N–H and O–H groups in total. The highest BCUT2D eigenvalue weighted by atomic mass is 19.4. The summed E-state index contributed by atoms with van der Waals surface area (Å²) in [6.07, 6.45) is -4.17. The zero-order valence-corrected chi connectivity index (χ0v) is 7.91. The van der Waals surface area contributed by atoms with E-state index in [9.17, 15) is 18.0 Å². The molecule has 0 saturated heterocycles. The van der Waals surface area contributed by atoms with Gasteiger partial charge in [-0.3, -0.25) is 0 Å². The number of carbonyl (C=O) groups is 1. The summed E-state index contributed by atoms with van der Waals surface area (Å²) in [5, 5.41) is 0. The lowest BCUT2D eigenvalue weighted by Gasteiger charge is -2.14. The van der Waals surface area contributed by atoms with Crippen LogP contribution in [0.25, 0.3) is 0 Å². The predicted octanol–water partition coefficient (Wildman–Crippen LogP) is 2.89. The van der Waals surface area contributed by atoms with Gasteiger partial charge in [0, 0.05) is 11.5 Å². The van der Waals surface area contributed by atoms with E-state index in [4.69, 9.17) is 0 Å². The summed E-state index contributed by atoms with van der Waals surface area (Å²) in [5.41, 5.74) is 0.227. The molecule has 0 aromatic heterocycles. The fourth-order valence-electron chi connectivity index (χ4n) is 1.15. The quantitative estimate of drug-likeness (QED) is 0.729. The molecule has 0 aliphatic carbocycles. The minimum absolute atomic E-state index is 0.227. The van der Waals surface area contributed by atoms with Gasteiger partial charge in [-0.05, 0) is 6.07 Å². The van der Waals surface area contributed by atoms with Crippen molar-refractivity contribution in [2.24, 2.45) is 0 Å². The molecule has 1 aromatic carbocycles. The lowest BCUT2D eigenvalue weighted by atomic mass is 10.0. The van der Waals surface area contributed by atoms with Crippen molar-refractivity contribution < 1.29 is 22.7 Å². The Morgan fingerprint density at radius 3 is 2.47 bits per heavy atom. The van der Waals surface area contributed by atoms with Gasteiger partial charge in [0.05, 0.1) is 0 Å². The number of benzene rings is 1. The van der Waals surface area contributed by atoms with Crippen LogP contribution in [0.5, 0.6) is 5.75 Å². The number of halogens is 3. The Bertz CT molecular complexity index is 347. The fourth-order valence-corrected chi connectivity index (χ4v) is 1.15. The van der Waals surface area contributed by atoms with Crippen LogP contribution in [0.1, 0.15) is 18.4 Å². The van der Waals surface area contributed by atoms with E-state index in [1.54, 1.807) is 6.07 Å². The molecule has 1 unspecified atom stereocenters. The van der Waals surface area contributed by atoms with Gasteiger partial charge in [-0.25, -0.2) is 0 Å². The summed E-state index contributed by atoms with van der Waals surface area (Å²) in [6, 6.07) is 5.59. The van der Waals surface area contributed by atoms with Crippen LogP contribution in [0, 0.1) is 0 Å². The number of ether oxygens (including phenoxy) is 1. The van der Waals surface area contributed by atoms with Gasteiger partial charge in [-0.15, -0.1) is 13.2 Å². The Balaban J connectivity index is 3.01. The number of rotatable bonds is 3. The van der Waals surface area contributed by atoms with Crippen LogP contribution in [0.2, 0.25) is 0 Å². The van der Waals surface area contributed by atoms with Gasteiger partial charge in [-0.1, -0.05) is 25.1 Å². The molecular weight excluding hydrogens is 209 g/mol. The van der Waals surface area contributed by atoms with E-state index >= 15 is 0 Å². The van der Waals surface area contributed by atoms with E-state index in [1.807, 2.05) is 0 Å². The molecule has 0 amide bonds. The Morgan fingerprint density at radius 1 is 1.33 bits per heavy atom. The van der Waals surface area contributed by atoms with Gasteiger partial charge in [-0.2, -0.15) is 0 Å². The van der Waals surface area contributed by atoms with Gasteiger partial charge < -0.3 is 9.53 Å². The maximum atomic E-state index is 12.0. The third kappa shape index (κ3) is 3.27. The van der Waals surface area contributed by atoms with E-state index in [-0.39, 0.29) is 11.3 Å². The van der Waals surface area contributed by atoms with E-state index in [0.29, 0.717) is 6.29 Å². The summed E-state index contributed by atoms with van der Waals surface area (Å²) in [6.45, 7) is 1.51. The minimum Gasteiger partial charge on any atom is -0.405 e. The molecule has 82 valence electrons. The number of alkyl halides is 3. The highest BCUT2D eigenvalue weighted by Crippen LogP contribution is 2.30. The second kappa shape index (κ2) is 4.33. The van der Waals surface area contributed by atoms with E-state index in [0.717, 1.165) is 0 Å². The largest absolute Gasteiger partial charge is 0.573 e. The molecule has 0 fully saturated rings. The Kier molecular flexibility index (Phi) is 3.34. The molecule has 1 aromatic rings. The Morgan fingerprint density at radius 2 is 1.93 bits per heavy atom. The Hall–Kier alpha value is -1.52. The second-order valence-electron chi connectivity index (χ2n) is 3.01. The lowest BCUT2D eigenvalue weighted by Crippen LogP contribution is -2.18. The predicted molar refractivity (Wildman–Crippen MR) is 47.6 cm³/mol. The third-order valence-corrected chi connectivity index (χ3v) is 1.84. The van der Waals surface area contributed by atoms with Gasteiger partial charge in [0.2, 0.25) is 0 Å². The summed E-state index contributed by atoms with van der Waals surface area (Å²) >= 11 is 0. The molecule has 0 spiro atoms. The summed E-state index contributed by atoms with van der Waals surface area (Å²) in [4.78, 5) is 10.5. The number of carbonyl (C=O) groups excluding carboxylic acids is 1. The van der Waals surface area contributed by atoms with Crippen molar-refractivity contribution in [2.45, 2.75) is 19.2 Å². The van der Waals surface area contributed by atoms with Crippen LogP contribution >= 0.6 is 0 Å². The van der Waals surface area contributed by atoms with Crippen LogP contribution in [-0.4, -0.2) is 12.6 Å².